The minimum atomic E-state index is -1.32. The van der Waals surface area contributed by atoms with Crippen molar-refractivity contribution < 1.29 is 38.5 Å². The Bertz CT molecular complexity index is 913. The summed E-state index contributed by atoms with van der Waals surface area (Å²) in [7, 11) is 0. The highest BCUT2D eigenvalue weighted by molar-refractivity contribution is 5.77. The van der Waals surface area contributed by atoms with Gasteiger partial charge in [-0.2, -0.15) is 0 Å². The first-order valence-electron chi connectivity index (χ1n) is 13.1. The Morgan fingerprint density at radius 2 is 1.43 bits per heavy atom. The zero-order valence-electron chi connectivity index (χ0n) is 23.0. The first-order valence-corrected chi connectivity index (χ1v) is 13.1. The molecule has 0 saturated heterocycles. The van der Waals surface area contributed by atoms with Gasteiger partial charge in [0.25, 0.3) is 0 Å². The smallest absolute Gasteiger partial charge is 0.321 e. The summed E-state index contributed by atoms with van der Waals surface area (Å²) in [6.45, 7) is 11.2. The van der Waals surface area contributed by atoms with Gasteiger partial charge in [0.2, 0.25) is 0 Å². The molecule has 3 unspecified atom stereocenters. The van der Waals surface area contributed by atoms with Crippen LogP contribution in [0.5, 0.6) is 11.5 Å². The Labute approximate surface area is 220 Å². The molecule has 208 valence electrons. The van der Waals surface area contributed by atoms with Crippen LogP contribution in [0.4, 0.5) is 0 Å². The maximum atomic E-state index is 12.4. The zero-order valence-corrected chi connectivity index (χ0v) is 23.0. The molecule has 0 aliphatic rings. The Hall–Kier alpha value is -2.94. The molecule has 1 aromatic rings. The normalized spacial score (nSPS) is 14.4. The number of rotatable bonds is 16. The van der Waals surface area contributed by atoms with Crippen LogP contribution in [0, 0.1) is 17.8 Å². The van der Waals surface area contributed by atoms with Gasteiger partial charge in [-0.1, -0.05) is 60.5 Å². The fourth-order valence-corrected chi connectivity index (χ4v) is 3.65. The SMILES string of the molecule is CCCCC(=O)Oc1ccc(C(C(C)COC(=O)C(C)C(C)C)[C@H](N)C(=O)O)cc1OC(=O)CCCC. The number of carboxylic acid groups (broad SMARTS) is 1. The molecule has 0 heterocycles. The van der Waals surface area contributed by atoms with E-state index in [1.54, 1.807) is 19.9 Å². The largest absolute Gasteiger partial charge is 0.480 e. The van der Waals surface area contributed by atoms with E-state index in [0.29, 0.717) is 18.4 Å². The number of hydrogen-bond donors (Lipinski definition) is 2. The summed E-state index contributed by atoms with van der Waals surface area (Å²) >= 11 is 0. The van der Waals surface area contributed by atoms with Crippen LogP contribution in [0.2, 0.25) is 0 Å². The van der Waals surface area contributed by atoms with Crippen LogP contribution in [-0.2, 0) is 23.9 Å². The van der Waals surface area contributed by atoms with E-state index in [1.165, 1.54) is 12.1 Å². The van der Waals surface area contributed by atoms with Crippen molar-refractivity contribution in [3.05, 3.63) is 23.8 Å². The minimum Gasteiger partial charge on any atom is -0.480 e. The number of nitrogens with two attached hydrogens (primary N) is 1. The predicted molar refractivity (Wildman–Crippen MR) is 139 cm³/mol. The molecule has 3 N–H and O–H groups in total. The van der Waals surface area contributed by atoms with Crippen LogP contribution in [-0.4, -0.2) is 41.6 Å². The van der Waals surface area contributed by atoms with Crippen LogP contribution < -0.4 is 15.2 Å². The fourth-order valence-electron chi connectivity index (χ4n) is 3.65. The number of unbranched alkanes of at least 4 members (excludes halogenated alkanes) is 2. The topological polar surface area (TPSA) is 142 Å². The van der Waals surface area contributed by atoms with E-state index in [2.05, 4.69) is 0 Å². The predicted octanol–water partition coefficient (Wildman–Crippen LogP) is 4.84. The molecule has 0 aliphatic carbocycles. The molecule has 0 saturated carbocycles. The molecule has 37 heavy (non-hydrogen) atoms. The highest BCUT2D eigenvalue weighted by Gasteiger charge is 2.33. The lowest BCUT2D eigenvalue weighted by Gasteiger charge is -2.28. The van der Waals surface area contributed by atoms with Crippen LogP contribution >= 0.6 is 0 Å². The van der Waals surface area contributed by atoms with Gasteiger partial charge in [-0.15, -0.1) is 0 Å². The summed E-state index contributed by atoms with van der Waals surface area (Å²) in [4.78, 5) is 48.9. The number of ether oxygens (including phenoxy) is 3. The van der Waals surface area contributed by atoms with Gasteiger partial charge in [0, 0.05) is 18.8 Å². The molecule has 1 aromatic carbocycles. The second kappa shape index (κ2) is 16.0. The zero-order chi connectivity index (χ0) is 28.1. The van der Waals surface area contributed by atoms with Crippen molar-refractivity contribution in [2.75, 3.05) is 6.61 Å². The van der Waals surface area contributed by atoms with E-state index in [1.807, 2.05) is 27.7 Å². The van der Waals surface area contributed by atoms with Gasteiger partial charge >= 0.3 is 23.9 Å². The average Bonchev–Trinajstić information content (AvgIpc) is 2.85. The quantitative estimate of drug-likeness (QED) is 0.231. The van der Waals surface area contributed by atoms with E-state index < -0.39 is 35.8 Å². The van der Waals surface area contributed by atoms with Crippen LogP contribution in [0.3, 0.4) is 0 Å². The Kier molecular flexibility index (Phi) is 13.9. The number of carboxylic acids is 1. The van der Waals surface area contributed by atoms with Gasteiger partial charge in [-0.3, -0.25) is 19.2 Å². The number of carbonyl (C=O) groups is 4. The van der Waals surface area contributed by atoms with Crippen molar-refractivity contribution in [1.82, 2.24) is 0 Å². The van der Waals surface area contributed by atoms with Crippen molar-refractivity contribution in [3.63, 3.8) is 0 Å². The lowest BCUT2D eigenvalue weighted by Crippen LogP contribution is -2.41. The molecule has 0 fully saturated rings. The van der Waals surface area contributed by atoms with Crippen molar-refractivity contribution in [1.29, 1.82) is 0 Å². The number of hydrogen-bond acceptors (Lipinski definition) is 8. The Morgan fingerprint density at radius 1 is 0.892 bits per heavy atom. The summed E-state index contributed by atoms with van der Waals surface area (Å²) < 4.78 is 16.5. The summed E-state index contributed by atoms with van der Waals surface area (Å²) in [5, 5.41) is 9.68. The van der Waals surface area contributed by atoms with Gasteiger partial charge in [0.15, 0.2) is 11.5 Å². The molecular formula is C28H43NO8. The average molecular weight is 522 g/mol. The summed E-state index contributed by atoms with van der Waals surface area (Å²) in [6.07, 6.45) is 3.31. The van der Waals surface area contributed by atoms with E-state index in [4.69, 9.17) is 19.9 Å². The summed E-state index contributed by atoms with van der Waals surface area (Å²) in [5.74, 6) is -3.93. The monoisotopic (exact) mass is 521 g/mol. The summed E-state index contributed by atoms with van der Waals surface area (Å²) in [6, 6.07) is 3.23. The first kappa shape index (κ1) is 32.1. The van der Waals surface area contributed by atoms with Gasteiger partial charge in [-0.05, 0) is 42.4 Å². The van der Waals surface area contributed by atoms with Gasteiger partial charge in [-0.25, -0.2) is 0 Å². The second-order valence-electron chi connectivity index (χ2n) is 9.89. The first-order chi connectivity index (χ1) is 17.4. The molecule has 1 rings (SSSR count). The third-order valence-electron chi connectivity index (χ3n) is 6.41. The van der Waals surface area contributed by atoms with Gasteiger partial charge in [0.1, 0.15) is 6.04 Å². The maximum Gasteiger partial charge on any atom is 0.321 e. The van der Waals surface area contributed by atoms with Gasteiger partial charge < -0.3 is 25.1 Å². The molecule has 4 atom stereocenters. The van der Waals surface area contributed by atoms with E-state index in [9.17, 15) is 24.3 Å². The highest BCUT2D eigenvalue weighted by Crippen LogP contribution is 2.36. The maximum absolute atomic E-state index is 12.4. The van der Waals surface area contributed by atoms with E-state index in [-0.39, 0.29) is 48.8 Å². The molecule has 0 spiro atoms. The third kappa shape index (κ3) is 10.5. The lowest BCUT2D eigenvalue weighted by atomic mass is 9.82. The molecule has 0 bridgehead atoms. The molecule has 9 nitrogen and oxygen atoms in total. The molecule has 0 aromatic heterocycles. The van der Waals surface area contributed by atoms with Crippen molar-refractivity contribution >= 4 is 23.9 Å². The molecule has 0 radical (unpaired) electrons. The number of aliphatic carboxylic acids is 1. The van der Waals surface area contributed by atoms with Crippen LogP contribution in [0.25, 0.3) is 0 Å². The number of benzene rings is 1. The number of carbonyl (C=O) groups excluding carboxylic acids is 3. The molecule has 9 heteroatoms. The van der Waals surface area contributed by atoms with Crippen LogP contribution in [0.1, 0.15) is 91.5 Å². The summed E-state index contributed by atoms with van der Waals surface area (Å²) in [5.41, 5.74) is 6.53. The van der Waals surface area contributed by atoms with E-state index >= 15 is 0 Å². The van der Waals surface area contributed by atoms with Crippen LogP contribution in [0.15, 0.2) is 18.2 Å². The Morgan fingerprint density at radius 3 is 1.92 bits per heavy atom. The minimum absolute atomic E-state index is 0.0173. The second-order valence-corrected chi connectivity index (χ2v) is 9.89. The van der Waals surface area contributed by atoms with Crippen molar-refractivity contribution in [2.24, 2.45) is 23.5 Å². The standard InChI is InChI=1S/C28H43NO8/c1-7-9-11-23(30)36-21-14-13-20(15-22(21)37-24(31)12-10-8-2)25(26(29)27(32)33)18(5)16-35-28(34)19(6)17(3)4/h13-15,17-19,25-26H,7-12,16,29H2,1-6H3,(H,32,33)/t18?,19?,25?,26-/m0/s1. The van der Waals surface area contributed by atoms with E-state index in [0.717, 1.165) is 12.8 Å². The van der Waals surface area contributed by atoms with Gasteiger partial charge in [0.05, 0.1) is 12.5 Å². The molecular weight excluding hydrogens is 478 g/mol. The Balaban J connectivity index is 3.32. The van der Waals surface area contributed by atoms with Crippen molar-refractivity contribution in [2.45, 2.75) is 92.0 Å². The molecule has 0 aliphatic heterocycles. The fraction of sp³-hybridized carbons (Fsp3) is 0.643. The molecule has 0 amide bonds. The number of esters is 3. The lowest BCUT2D eigenvalue weighted by molar-refractivity contribution is -0.151. The van der Waals surface area contributed by atoms with Crippen molar-refractivity contribution in [3.8, 4) is 11.5 Å². The highest BCUT2D eigenvalue weighted by atomic mass is 16.6. The third-order valence-corrected chi connectivity index (χ3v) is 6.41.